The van der Waals surface area contributed by atoms with Gasteiger partial charge in [0.25, 0.3) is 11.1 Å². The van der Waals surface area contributed by atoms with E-state index >= 15 is 0 Å². The van der Waals surface area contributed by atoms with Crippen LogP contribution in [0.2, 0.25) is 0 Å². The summed E-state index contributed by atoms with van der Waals surface area (Å²) in [5.41, 5.74) is 1.50. The molecule has 26 heavy (non-hydrogen) atoms. The van der Waals surface area contributed by atoms with Gasteiger partial charge in [0.05, 0.1) is 11.9 Å². The Morgan fingerprint density at radius 2 is 2.04 bits per heavy atom. The first-order chi connectivity index (χ1) is 12.6. The Hall–Kier alpha value is -3.79. The van der Waals surface area contributed by atoms with Gasteiger partial charge in [-0.05, 0) is 36.2 Å². The molecule has 0 atom stereocenters. The Kier molecular flexibility index (Phi) is 3.59. The first-order valence-electron chi connectivity index (χ1n) is 7.94. The van der Waals surface area contributed by atoms with E-state index in [0.29, 0.717) is 5.65 Å². The maximum atomic E-state index is 12.9. The number of hydrogen-bond donors (Lipinski definition) is 0. The van der Waals surface area contributed by atoms with E-state index in [1.54, 1.807) is 30.7 Å². The predicted octanol–water partition coefficient (Wildman–Crippen LogP) is 1.63. The van der Waals surface area contributed by atoms with Gasteiger partial charge in [0.15, 0.2) is 5.65 Å². The van der Waals surface area contributed by atoms with Gasteiger partial charge in [-0.3, -0.25) is 23.5 Å². The third-order valence-corrected chi connectivity index (χ3v) is 4.19. The highest BCUT2D eigenvalue weighted by Crippen LogP contribution is 2.12. The van der Waals surface area contributed by atoms with Crippen LogP contribution >= 0.6 is 0 Å². The van der Waals surface area contributed by atoms with E-state index in [9.17, 15) is 14.9 Å². The van der Waals surface area contributed by atoms with Crippen molar-refractivity contribution >= 4 is 16.7 Å². The molecule has 0 aliphatic heterocycles. The van der Waals surface area contributed by atoms with Gasteiger partial charge in [-0.25, -0.2) is 4.98 Å². The number of pyridine rings is 3. The van der Waals surface area contributed by atoms with Gasteiger partial charge in [-0.1, -0.05) is 12.1 Å². The smallest absolute Gasteiger partial charge is 0.270 e. The van der Waals surface area contributed by atoms with Crippen LogP contribution in [0.25, 0.3) is 16.7 Å². The normalized spacial score (nSPS) is 10.9. The Balaban J connectivity index is 2.12. The van der Waals surface area contributed by atoms with Crippen LogP contribution in [0, 0.1) is 18.3 Å². The van der Waals surface area contributed by atoms with Gasteiger partial charge in [-0.2, -0.15) is 5.26 Å². The van der Waals surface area contributed by atoms with Crippen molar-refractivity contribution in [2.24, 2.45) is 0 Å². The molecule has 126 valence electrons. The first kappa shape index (κ1) is 15.7. The number of fused-ring (bicyclic) bond motifs is 2. The average molecular weight is 343 g/mol. The number of nitriles is 1. The summed E-state index contributed by atoms with van der Waals surface area (Å²) in [4.78, 5) is 34.2. The van der Waals surface area contributed by atoms with Crippen molar-refractivity contribution in [1.82, 2.24) is 18.9 Å². The van der Waals surface area contributed by atoms with Crippen molar-refractivity contribution in [3.8, 4) is 6.07 Å². The van der Waals surface area contributed by atoms with Crippen LogP contribution in [0.1, 0.15) is 16.7 Å². The summed E-state index contributed by atoms with van der Waals surface area (Å²) in [6.07, 6.45) is 4.96. The third kappa shape index (κ3) is 2.45. The topological polar surface area (TPSA) is 93.0 Å². The average Bonchev–Trinajstić information content (AvgIpc) is 2.66. The van der Waals surface area contributed by atoms with Crippen molar-refractivity contribution in [2.45, 2.75) is 13.5 Å². The molecule has 0 fully saturated rings. The van der Waals surface area contributed by atoms with E-state index in [1.807, 2.05) is 25.1 Å². The highest BCUT2D eigenvalue weighted by atomic mass is 16.1. The first-order valence-corrected chi connectivity index (χ1v) is 7.94. The van der Waals surface area contributed by atoms with Gasteiger partial charge >= 0.3 is 0 Å². The Morgan fingerprint density at radius 3 is 2.77 bits per heavy atom. The Morgan fingerprint density at radius 1 is 1.19 bits per heavy atom. The summed E-state index contributed by atoms with van der Waals surface area (Å²) < 4.78 is 2.78. The molecule has 4 aromatic heterocycles. The number of aromatic nitrogens is 4. The van der Waals surface area contributed by atoms with E-state index < -0.39 is 5.56 Å². The molecule has 7 nitrogen and oxygen atoms in total. The van der Waals surface area contributed by atoms with E-state index in [0.717, 1.165) is 11.1 Å². The quantitative estimate of drug-likeness (QED) is 0.516. The molecule has 0 saturated heterocycles. The van der Waals surface area contributed by atoms with Crippen LogP contribution in [0.5, 0.6) is 0 Å². The van der Waals surface area contributed by atoms with E-state index in [4.69, 9.17) is 0 Å². The zero-order valence-electron chi connectivity index (χ0n) is 13.9. The van der Waals surface area contributed by atoms with Gasteiger partial charge in [0.2, 0.25) is 0 Å². The molecule has 0 aliphatic carbocycles. The van der Waals surface area contributed by atoms with Crippen LogP contribution in [0.15, 0.2) is 58.5 Å². The minimum atomic E-state index is -0.479. The molecule has 4 aromatic rings. The maximum Gasteiger partial charge on any atom is 0.270 e. The predicted molar refractivity (Wildman–Crippen MR) is 96.0 cm³/mol. The molecule has 0 radical (unpaired) electrons. The molecule has 0 amide bonds. The van der Waals surface area contributed by atoms with E-state index in [1.165, 1.54) is 15.0 Å². The van der Waals surface area contributed by atoms with Crippen LogP contribution in [-0.2, 0) is 6.54 Å². The molecular weight excluding hydrogens is 330 g/mol. The van der Waals surface area contributed by atoms with E-state index in [-0.39, 0.29) is 28.7 Å². The molecule has 7 heteroatoms. The monoisotopic (exact) mass is 343 g/mol. The fourth-order valence-corrected chi connectivity index (χ4v) is 2.93. The van der Waals surface area contributed by atoms with Crippen LogP contribution < -0.4 is 11.1 Å². The summed E-state index contributed by atoms with van der Waals surface area (Å²) in [7, 11) is 0. The second-order valence-electron chi connectivity index (χ2n) is 6.01. The molecule has 0 unspecified atom stereocenters. The molecular formula is C19H13N5O2. The third-order valence-electron chi connectivity index (χ3n) is 4.19. The molecule has 4 heterocycles. The largest absolute Gasteiger partial charge is 0.287 e. The summed E-state index contributed by atoms with van der Waals surface area (Å²) in [6, 6.07) is 10.4. The SMILES string of the molecule is Cc1ccc2nc3c(cc(C#N)c(=O)n3Cc3cccnc3)c(=O)n2c1. The van der Waals surface area contributed by atoms with Crippen molar-refractivity contribution in [3.05, 3.63) is 86.3 Å². The van der Waals surface area contributed by atoms with Crippen molar-refractivity contribution in [3.63, 3.8) is 0 Å². The second-order valence-corrected chi connectivity index (χ2v) is 6.01. The second kappa shape index (κ2) is 5.93. The van der Waals surface area contributed by atoms with Crippen LogP contribution in [0.3, 0.4) is 0 Å². The highest BCUT2D eigenvalue weighted by Gasteiger charge is 2.15. The number of aryl methyl sites for hydroxylation is 1. The number of hydrogen-bond acceptors (Lipinski definition) is 5. The van der Waals surface area contributed by atoms with Gasteiger partial charge in [0.1, 0.15) is 17.3 Å². The van der Waals surface area contributed by atoms with Crippen molar-refractivity contribution < 1.29 is 0 Å². The van der Waals surface area contributed by atoms with Gasteiger partial charge < -0.3 is 0 Å². The lowest BCUT2D eigenvalue weighted by Crippen LogP contribution is -2.27. The lowest BCUT2D eigenvalue weighted by Gasteiger charge is -2.11. The molecule has 0 spiro atoms. The maximum absolute atomic E-state index is 12.9. The number of rotatable bonds is 2. The van der Waals surface area contributed by atoms with Gasteiger partial charge in [-0.15, -0.1) is 0 Å². The van der Waals surface area contributed by atoms with Crippen LogP contribution in [-0.4, -0.2) is 18.9 Å². The molecule has 4 rings (SSSR count). The zero-order valence-corrected chi connectivity index (χ0v) is 13.9. The standard InChI is InChI=1S/C19H13N5O2/c1-12-4-5-16-22-17-15(19(26)23(16)10-12)7-14(8-20)18(25)24(17)11-13-3-2-6-21-9-13/h2-7,9-10H,11H2,1H3. The summed E-state index contributed by atoms with van der Waals surface area (Å²) in [5, 5.41) is 9.54. The van der Waals surface area contributed by atoms with Crippen molar-refractivity contribution in [1.29, 1.82) is 5.26 Å². The minimum Gasteiger partial charge on any atom is -0.287 e. The molecule has 0 saturated carbocycles. The summed E-state index contributed by atoms with van der Waals surface area (Å²) in [6.45, 7) is 2.05. The minimum absolute atomic E-state index is 0.0899. The van der Waals surface area contributed by atoms with Gasteiger partial charge in [0, 0.05) is 18.6 Å². The zero-order chi connectivity index (χ0) is 18.3. The number of nitrogens with zero attached hydrogens (tertiary/aromatic N) is 5. The highest BCUT2D eigenvalue weighted by molar-refractivity contribution is 5.78. The van der Waals surface area contributed by atoms with E-state index in [2.05, 4.69) is 9.97 Å². The summed E-state index contributed by atoms with van der Waals surface area (Å²) in [5.74, 6) is 0. The fraction of sp³-hybridized carbons (Fsp3) is 0.105. The Bertz CT molecular complexity index is 1310. The van der Waals surface area contributed by atoms with Crippen LogP contribution in [0.4, 0.5) is 0 Å². The fourth-order valence-electron chi connectivity index (χ4n) is 2.93. The molecule has 0 N–H and O–H groups in total. The molecule has 0 bridgehead atoms. The lowest BCUT2D eigenvalue weighted by molar-refractivity contribution is 0.775. The lowest BCUT2D eigenvalue weighted by atomic mass is 10.2. The molecule has 0 aliphatic rings. The molecule has 0 aromatic carbocycles. The summed E-state index contributed by atoms with van der Waals surface area (Å²) >= 11 is 0. The Labute approximate surface area is 147 Å². The van der Waals surface area contributed by atoms with Crippen molar-refractivity contribution in [2.75, 3.05) is 0 Å².